The topological polar surface area (TPSA) is 68.0 Å². The van der Waals surface area contributed by atoms with E-state index in [1.165, 1.54) is 6.39 Å². The highest BCUT2D eigenvalue weighted by Crippen LogP contribution is 2.15. The summed E-state index contributed by atoms with van der Waals surface area (Å²) in [5.41, 5.74) is 2.87. The van der Waals surface area contributed by atoms with Crippen LogP contribution < -0.4 is 5.32 Å². The number of hydrogen-bond acceptors (Lipinski definition) is 4. The van der Waals surface area contributed by atoms with Gasteiger partial charge in [0.2, 0.25) is 0 Å². The summed E-state index contributed by atoms with van der Waals surface area (Å²) in [4.78, 5) is 20.2. The third kappa shape index (κ3) is 2.30. The predicted octanol–water partition coefficient (Wildman–Crippen LogP) is 2.78. The molecule has 0 bridgehead atoms. The number of aromatic nitrogens is 2. The molecule has 0 saturated heterocycles. The van der Waals surface area contributed by atoms with E-state index in [-0.39, 0.29) is 5.91 Å². The quantitative estimate of drug-likeness (QED) is 0.762. The van der Waals surface area contributed by atoms with Gasteiger partial charge in [-0.05, 0) is 42.8 Å². The van der Waals surface area contributed by atoms with Gasteiger partial charge in [-0.25, -0.2) is 9.97 Å². The molecular weight excluding hydrogens is 242 g/mol. The second-order valence-corrected chi connectivity index (χ2v) is 4.21. The monoisotopic (exact) mass is 253 g/mol. The molecule has 0 fully saturated rings. The first-order chi connectivity index (χ1) is 9.22. The summed E-state index contributed by atoms with van der Waals surface area (Å²) in [5, 5.41) is 2.75. The normalized spacial score (nSPS) is 10.6. The van der Waals surface area contributed by atoms with Gasteiger partial charge in [-0.3, -0.25) is 4.79 Å². The van der Waals surface area contributed by atoms with Crippen molar-refractivity contribution in [2.75, 3.05) is 5.32 Å². The molecule has 1 N–H and O–H groups in total. The lowest BCUT2D eigenvalue weighted by molar-refractivity contribution is 0.102. The molecule has 0 radical (unpaired) electrons. The maximum absolute atomic E-state index is 12.1. The fourth-order valence-electron chi connectivity index (χ4n) is 1.79. The average Bonchev–Trinajstić information content (AvgIpc) is 2.85. The zero-order valence-corrected chi connectivity index (χ0v) is 10.3. The van der Waals surface area contributed by atoms with Crippen molar-refractivity contribution in [3.8, 4) is 0 Å². The van der Waals surface area contributed by atoms with Crippen LogP contribution in [0.3, 0.4) is 0 Å². The van der Waals surface area contributed by atoms with E-state index in [2.05, 4.69) is 15.3 Å². The van der Waals surface area contributed by atoms with Gasteiger partial charge >= 0.3 is 0 Å². The summed E-state index contributed by atoms with van der Waals surface area (Å²) in [6.45, 7) is 1.94. The Bertz CT molecular complexity index is 749. The Morgan fingerprint density at radius 2 is 2.11 bits per heavy atom. The van der Waals surface area contributed by atoms with Crippen molar-refractivity contribution in [1.82, 2.24) is 9.97 Å². The van der Waals surface area contributed by atoms with Crippen LogP contribution in [0, 0.1) is 6.92 Å². The summed E-state index contributed by atoms with van der Waals surface area (Å²) in [5.74, 6) is 0.313. The molecule has 1 amide bonds. The van der Waals surface area contributed by atoms with Crippen molar-refractivity contribution in [3.05, 3.63) is 54.0 Å². The first-order valence-corrected chi connectivity index (χ1v) is 5.79. The van der Waals surface area contributed by atoms with Crippen LogP contribution in [0.2, 0.25) is 0 Å². The van der Waals surface area contributed by atoms with Gasteiger partial charge in [0.25, 0.3) is 5.91 Å². The molecule has 2 heterocycles. The molecule has 0 spiro atoms. The number of nitrogens with zero attached hydrogens (tertiary/aromatic N) is 2. The first kappa shape index (κ1) is 11.4. The molecule has 94 valence electrons. The van der Waals surface area contributed by atoms with Crippen LogP contribution in [0.25, 0.3) is 11.1 Å². The lowest BCUT2D eigenvalue weighted by atomic mass is 10.2. The Hall–Kier alpha value is -2.69. The lowest BCUT2D eigenvalue weighted by Crippen LogP contribution is -2.12. The second kappa shape index (κ2) is 4.53. The highest BCUT2D eigenvalue weighted by molar-refractivity contribution is 6.05. The van der Waals surface area contributed by atoms with Crippen molar-refractivity contribution in [2.45, 2.75) is 6.92 Å². The Morgan fingerprint density at radius 1 is 1.21 bits per heavy atom. The molecular formula is C14H11N3O2. The molecule has 3 aromatic rings. The Balaban J connectivity index is 1.87. The number of rotatable bonds is 2. The van der Waals surface area contributed by atoms with E-state index in [4.69, 9.17) is 4.42 Å². The number of carbonyl (C=O) groups excluding carboxylic acids is 1. The SMILES string of the molecule is Cc1ccnc(NC(=O)c2ccc3ocnc3c2)c1. The van der Waals surface area contributed by atoms with Crippen molar-refractivity contribution in [3.63, 3.8) is 0 Å². The van der Waals surface area contributed by atoms with E-state index in [0.29, 0.717) is 22.5 Å². The number of amides is 1. The zero-order valence-electron chi connectivity index (χ0n) is 10.3. The lowest BCUT2D eigenvalue weighted by Gasteiger charge is -2.04. The minimum atomic E-state index is -0.219. The number of fused-ring (bicyclic) bond motifs is 1. The summed E-state index contributed by atoms with van der Waals surface area (Å²) in [6.07, 6.45) is 3.01. The van der Waals surface area contributed by atoms with E-state index in [1.807, 2.05) is 19.1 Å². The van der Waals surface area contributed by atoms with Crippen LogP contribution in [-0.2, 0) is 0 Å². The van der Waals surface area contributed by atoms with Crippen LogP contribution in [0.1, 0.15) is 15.9 Å². The molecule has 19 heavy (non-hydrogen) atoms. The average molecular weight is 253 g/mol. The maximum Gasteiger partial charge on any atom is 0.256 e. The Kier molecular flexibility index (Phi) is 2.72. The molecule has 2 aromatic heterocycles. The van der Waals surface area contributed by atoms with Gasteiger partial charge in [-0.1, -0.05) is 0 Å². The van der Waals surface area contributed by atoms with Crippen molar-refractivity contribution in [1.29, 1.82) is 0 Å². The van der Waals surface area contributed by atoms with E-state index in [1.54, 1.807) is 24.4 Å². The highest BCUT2D eigenvalue weighted by atomic mass is 16.3. The third-order valence-electron chi connectivity index (χ3n) is 2.75. The minimum Gasteiger partial charge on any atom is -0.443 e. The molecule has 0 aliphatic carbocycles. The number of oxazole rings is 1. The number of pyridine rings is 1. The summed E-state index contributed by atoms with van der Waals surface area (Å²) in [7, 11) is 0. The summed E-state index contributed by atoms with van der Waals surface area (Å²) in [6, 6.07) is 8.78. The number of carbonyl (C=O) groups is 1. The molecule has 0 aliphatic rings. The fourth-order valence-corrected chi connectivity index (χ4v) is 1.79. The van der Waals surface area contributed by atoms with Gasteiger partial charge < -0.3 is 9.73 Å². The van der Waals surface area contributed by atoms with Crippen LogP contribution >= 0.6 is 0 Å². The first-order valence-electron chi connectivity index (χ1n) is 5.79. The number of aryl methyl sites for hydroxylation is 1. The van der Waals surface area contributed by atoms with E-state index in [0.717, 1.165) is 5.56 Å². The van der Waals surface area contributed by atoms with E-state index in [9.17, 15) is 4.79 Å². The number of nitrogens with one attached hydrogen (secondary N) is 1. The molecule has 0 saturated carbocycles. The molecule has 3 rings (SSSR count). The third-order valence-corrected chi connectivity index (χ3v) is 2.75. The van der Waals surface area contributed by atoms with Crippen LogP contribution in [-0.4, -0.2) is 15.9 Å². The smallest absolute Gasteiger partial charge is 0.256 e. The van der Waals surface area contributed by atoms with Crippen molar-refractivity contribution >= 4 is 22.8 Å². The largest absolute Gasteiger partial charge is 0.443 e. The van der Waals surface area contributed by atoms with Crippen molar-refractivity contribution < 1.29 is 9.21 Å². The fraction of sp³-hybridized carbons (Fsp3) is 0.0714. The molecule has 1 aromatic carbocycles. The number of benzene rings is 1. The molecule has 0 aliphatic heterocycles. The second-order valence-electron chi connectivity index (χ2n) is 4.21. The predicted molar refractivity (Wildman–Crippen MR) is 70.9 cm³/mol. The maximum atomic E-state index is 12.1. The molecule has 0 unspecified atom stereocenters. The molecule has 0 atom stereocenters. The van der Waals surface area contributed by atoms with Gasteiger partial charge in [-0.15, -0.1) is 0 Å². The summed E-state index contributed by atoms with van der Waals surface area (Å²) < 4.78 is 5.13. The minimum absolute atomic E-state index is 0.219. The standard InChI is InChI=1S/C14H11N3O2/c1-9-4-5-15-13(6-9)17-14(18)10-2-3-12-11(7-10)16-8-19-12/h2-8H,1H3,(H,15,17,18). The Morgan fingerprint density at radius 3 is 2.95 bits per heavy atom. The van der Waals surface area contributed by atoms with Gasteiger partial charge in [0, 0.05) is 11.8 Å². The van der Waals surface area contributed by atoms with Gasteiger partial charge in [0.15, 0.2) is 12.0 Å². The van der Waals surface area contributed by atoms with Crippen LogP contribution in [0.5, 0.6) is 0 Å². The highest BCUT2D eigenvalue weighted by Gasteiger charge is 2.09. The van der Waals surface area contributed by atoms with E-state index >= 15 is 0 Å². The number of hydrogen-bond donors (Lipinski definition) is 1. The molecule has 5 nitrogen and oxygen atoms in total. The van der Waals surface area contributed by atoms with Crippen molar-refractivity contribution in [2.24, 2.45) is 0 Å². The van der Waals surface area contributed by atoms with Crippen LogP contribution in [0.15, 0.2) is 47.3 Å². The zero-order chi connectivity index (χ0) is 13.2. The van der Waals surface area contributed by atoms with Gasteiger partial charge in [0.05, 0.1) is 0 Å². The number of anilines is 1. The van der Waals surface area contributed by atoms with Crippen LogP contribution in [0.4, 0.5) is 5.82 Å². The molecule has 5 heteroatoms. The van der Waals surface area contributed by atoms with Gasteiger partial charge in [-0.2, -0.15) is 0 Å². The van der Waals surface area contributed by atoms with E-state index < -0.39 is 0 Å². The van der Waals surface area contributed by atoms with Gasteiger partial charge in [0.1, 0.15) is 11.3 Å². The Labute approximate surface area is 109 Å². The summed E-state index contributed by atoms with van der Waals surface area (Å²) >= 11 is 0.